The third kappa shape index (κ3) is 2.94. The fraction of sp³-hybridized carbons (Fsp3) is 0.167. The number of hydrogen-bond acceptors (Lipinski definition) is 3. The molecule has 1 aliphatic heterocycles. The number of benzene rings is 2. The molecule has 0 saturated carbocycles. The molecule has 0 amide bonds. The van der Waals surface area contributed by atoms with Crippen LogP contribution in [0.2, 0.25) is 5.02 Å². The van der Waals surface area contributed by atoms with E-state index in [2.05, 4.69) is 10.6 Å². The highest BCUT2D eigenvalue weighted by Gasteiger charge is 2.34. The maximum atomic E-state index is 13.7. The van der Waals surface area contributed by atoms with Crippen LogP contribution in [0.25, 0.3) is 5.57 Å². The minimum absolute atomic E-state index is 0.0363. The van der Waals surface area contributed by atoms with E-state index in [-0.39, 0.29) is 10.8 Å². The average Bonchev–Trinajstić information content (AvgIpc) is 2.87. The predicted octanol–water partition coefficient (Wildman–Crippen LogP) is 3.15. The molecule has 0 saturated heterocycles. The number of carbonyl (C=O) groups is 1. The molecular weight excluding hydrogens is 315 g/mol. The van der Waals surface area contributed by atoms with Gasteiger partial charge in [0.25, 0.3) is 0 Å². The van der Waals surface area contributed by atoms with E-state index >= 15 is 0 Å². The van der Waals surface area contributed by atoms with Gasteiger partial charge < -0.3 is 10.6 Å². The molecule has 1 aliphatic rings. The number of halogens is 2. The van der Waals surface area contributed by atoms with Crippen LogP contribution in [-0.2, 0) is 11.2 Å². The highest BCUT2D eigenvalue weighted by Crippen LogP contribution is 2.32. The number of hydrogen-bond donors (Lipinski definition) is 2. The van der Waals surface area contributed by atoms with Gasteiger partial charge in [-0.25, -0.2) is 4.39 Å². The molecule has 2 aromatic carbocycles. The van der Waals surface area contributed by atoms with Crippen LogP contribution in [0.3, 0.4) is 0 Å². The van der Waals surface area contributed by atoms with Crippen LogP contribution >= 0.6 is 11.6 Å². The van der Waals surface area contributed by atoms with Crippen molar-refractivity contribution in [2.24, 2.45) is 0 Å². The van der Waals surface area contributed by atoms with Gasteiger partial charge in [-0.3, -0.25) is 4.79 Å². The maximum Gasteiger partial charge on any atom is 0.189 e. The number of ketones is 1. The van der Waals surface area contributed by atoms with Crippen molar-refractivity contribution >= 4 is 23.0 Å². The quantitative estimate of drug-likeness (QED) is 0.905. The lowest BCUT2D eigenvalue weighted by Gasteiger charge is -2.11. The third-order valence-electron chi connectivity index (χ3n) is 3.89. The number of nitrogens with one attached hydrogen (secondary N) is 2. The van der Waals surface area contributed by atoms with Crippen molar-refractivity contribution in [1.82, 2.24) is 10.6 Å². The molecule has 0 aromatic heterocycles. The van der Waals surface area contributed by atoms with E-state index in [0.717, 1.165) is 5.56 Å². The summed E-state index contributed by atoms with van der Waals surface area (Å²) in [4.78, 5) is 12.8. The largest absolute Gasteiger partial charge is 0.374 e. The monoisotopic (exact) mass is 330 g/mol. The van der Waals surface area contributed by atoms with E-state index in [1.54, 1.807) is 19.2 Å². The van der Waals surface area contributed by atoms with Crippen LogP contribution in [0.1, 0.15) is 11.1 Å². The number of rotatable bonds is 4. The second-order valence-corrected chi connectivity index (χ2v) is 5.73. The van der Waals surface area contributed by atoms with Gasteiger partial charge in [-0.15, -0.1) is 0 Å². The van der Waals surface area contributed by atoms with Crippen molar-refractivity contribution in [3.63, 3.8) is 0 Å². The van der Waals surface area contributed by atoms with Gasteiger partial charge in [0.15, 0.2) is 5.78 Å². The Hall–Kier alpha value is -2.33. The molecule has 3 nitrogen and oxygen atoms in total. The van der Waals surface area contributed by atoms with E-state index in [0.29, 0.717) is 23.4 Å². The fourth-order valence-corrected chi connectivity index (χ4v) is 2.98. The molecule has 2 N–H and O–H groups in total. The van der Waals surface area contributed by atoms with Gasteiger partial charge in [-0.2, -0.15) is 0 Å². The zero-order chi connectivity index (χ0) is 16.4. The Labute approximate surface area is 139 Å². The zero-order valence-electron chi connectivity index (χ0n) is 12.6. The third-order valence-corrected chi connectivity index (χ3v) is 4.27. The Morgan fingerprint density at radius 3 is 2.61 bits per heavy atom. The second-order valence-electron chi connectivity index (χ2n) is 5.35. The summed E-state index contributed by atoms with van der Waals surface area (Å²) >= 11 is 6.05. The highest BCUT2D eigenvalue weighted by molar-refractivity contribution is 6.36. The van der Waals surface area contributed by atoms with Crippen LogP contribution in [0, 0.1) is 5.82 Å². The minimum Gasteiger partial charge on any atom is -0.374 e. The molecule has 0 spiro atoms. The smallest absolute Gasteiger partial charge is 0.189 e. The first kappa shape index (κ1) is 15.6. The topological polar surface area (TPSA) is 41.1 Å². The first-order valence-electron chi connectivity index (χ1n) is 7.33. The van der Waals surface area contributed by atoms with Crippen molar-refractivity contribution in [2.45, 2.75) is 12.5 Å². The Kier molecular flexibility index (Phi) is 4.35. The summed E-state index contributed by atoms with van der Waals surface area (Å²) in [6.07, 6.45) is 0.557. The van der Waals surface area contributed by atoms with Gasteiger partial charge in [-0.05, 0) is 11.6 Å². The van der Waals surface area contributed by atoms with E-state index < -0.39 is 11.9 Å². The van der Waals surface area contributed by atoms with Crippen LogP contribution < -0.4 is 10.6 Å². The van der Waals surface area contributed by atoms with Crippen molar-refractivity contribution in [3.8, 4) is 0 Å². The molecule has 2 aromatic rings. The van der Waals surface area contributed by atoms with Gasteiger partial charge in [0.2, 0.25) is 0 Å². The van der Waals surface area contributed by atoms with Gasteiger partial charge in [-0.1, -0.05) is 54.1 Å². The fourth-order valence-electron chi connectivity index (χ4n) is 2.76. The number of Topliss-reactive ketones (excluding diaryl/α,β-unsaturated/α-hetero) is 1. The van der Waals surface area contributed by atoms with Crippen molar-refractivity contribution < 1.29 is 9.18 Å². The standard InChI is InChI=1S/C18H16ClFN2O/c1-21-18-15(12-8-5-9-13(20)16(12)19)17(23)14(22-18)10-11-6-3-2-4-7-11/h2-9,14,21-22H,10H2,1H3. The molecule has 23 heavy (non-hydrogen) atoms. The van der Waals surface area contributed by atoms with Crippen LogP contribution in [0.15, 0.2) is 54.4 Å². The van der Waals surface area contributed by atoms with E-state index in [1.165, 1.54) is 6.07 Å². The summed E-state index contributed by atoms with van der Waals surface area (Å²) in [5.74, 6) is -0.0550. The summed E-state index contributed by atoms with van der Waals surface area (Å²) in [5, 5.41) is 6.11. The molecule has 0 fully saturated rings. The summed E-state index contributed by atoms with van der Waals surface area (Å²) in [6, 6.07) is 13.8. The van der Waals surface area contributed by atoms with E-state index in [9.17, 15) is 9.18 Å². The van der Waals surface area contributed by atoms with Gasteiger partial charge in [0.05, 0.1) is 16.6 Å². The molecule has 0 bridgehead atoms. The lowest BCUT2D eigenvalue weighted by atomic mass is 9.96. The Morgan fingerprint density at radius 1 is 1.17 bits per heavy atom. The Bertz CT molecular complexity index is 774. The van der Waals surface area contributed by atoms with Gasteiger partial charge >= 0.3 is 0 Å². The lowest BCUT2D eigenvalue weighted by Crippen LogP contribution is -2.33. The first-order chi connectivity index (χ1) is 11.1. The highest BCUT2D eigenvalue weighted by atomic mass is 35.5. The summed E-state index contributed by atoms with van der Waals surface area (Å²) < 4.78 is 13.7. The Morgan fingerprint density at radius 2 is 1.91 bits per heavy atom. The Balaban J connectivity index is 1.93. The normalized spacial score (nSPS) is 17.3. The zero-order valence-corrected chi connectivity index (χ0v) is 13.3. The first-order valence-corrected chi connectivity index (χ1v) is 7.70. The van der Waals surface area contributed by atoms with E-state index in [1.807, 2.05) is 30.3 Å². The molecule has 118 valence electrons. The maximum absolute atomic E-state index is 13.7. The van der Waals surface area contributed by atoms with Gasteiger partial charge in [0, 0.05) is 19.0 Å². The molecule has 1 atom stereocenters. The van der Waals surface area contributed by atoms with Crippen molar-refractivity contribution in [2.75, 3.05) is 7.05 Å². The molecule has 0 aliphatic carbocycles. The molecule has 0 radical (unpaired) electrons. The summed E-state index contributed by atoms with van der Waals surface area (Å²) in [6.45, 7) is 0. The summed E-state index contributed by atoms with van der Waals surface area (Å²) in [7, 11) is 1.72. The van der Waals surface area contributed by atoms with Crippen LogP contribution in [0.5, 0.6) is 0 Å². The molecule has 1 unspecified atom stereocenters. The summed E-state index contributed by atoms with van der Waals surface area (Å²) in [5.41, 5.74) is 1.86. The van der Waals surface area contributed by atoms with Gasteiger partial charge in [0.1, 0.15) is 11.6 Å². The van der Waals surface area contributed by atoms with Crippen molar-refractivity contribution in [1.29, 1.82) is 0 Å². The molecule has 1 heterocycles. The number of carbonyl (C=O) groups excluding carboxylic acids is 1. The van der Waals surface area contributed by atoms with Crippen LogP contribution in [0.4, 0.5) is 4.39 Å². The molecule has 5 heteroatoms. The molecular formula is C18H16ClFN2O. The van der Waals surface area contributed by atoms with E-state index in [4.69, 9.17) is 11.6 Å². The van der Waals surface area contributed by atoms with Crippen LogP contribution in [-0.4, -0.2) is 18.9 Å². The predicted molar refractivity (Wildman–Crippen MR) is 89.5 cm³/mol. The average molecular weight is 331 g/mol. The minimum atomic E-state index is -0.536. The van der Waals surface area contributed by atoms with Crippen molar-refractivity contribution in [3.05, 3.63) is 76.3 Å². The molecule has 3 rings (SSSR count). The SMILES string of the molecule is CNC1=C(c2cccc(F)c2Cl)C(=O)C(Cc2ccccc2)N1. The lowest BCUT2D eigenvalue weighted by molar-refractivity contribution is -0.114. The second kappa shape index (κ2) is 6.42.